The number of imidazole rings is 1. The maximum Gasteiger partial charge on any atom is 0.145 e. The van der Waals surface area contributed by atoms with Gasteiger partial charge in [-0.2, -0.15) is 0 Å². The standard InChI is InChI=1S/C13H19N5/c1-10-8-16-13(17-9-10)11(14-2)4-5-12-15-6-7-18(12)3/h6-9,11,14H,4-5H2,1-3H3. The maximum atomic E-state index is 4.37. The normalized spacial score (nSPS) is 12.6. The van der Waals surface area contributed by atoms with E-state index in [1.54, 1.807) is 0 Å². The molecule has 0 saturated carbocycles. The first kappa shape index (κ1) is 12.7. The van der Waals surface area contributed by atoms with Crippen LogP contribution < -0.4 is 5.32 Å². The van der Waals surface area contributed by atoms with E-state index >= 15 is 0 Å². The quantitative estimate of drug-likeness (QED) is 0.865. The number of hydrogen-bond acceptors (Lipinski definition) is 4. The molecule has 0 spiro atoms. The Hall–Kier alpha value is -1.75. The first-order chi connectivity index (χ1) is 8.70. The van der Waals surface area contributed by atoms with E-state index in [0.29, 0.717) is 0 Å². The van der Waals surface area contributed by atoms with Crippen LogP contribution in [0.15, 0.2) is 24.8 Å². The van der Waals surface area contributed by atoms with Gasteiger partial charge >= 0.3 is 0 Å². The van der Waals surface area contributed by atoms with Gasteiger partial charge in [-0.3, -0.25) is 0 Å². The second kappa shape index (κ2) is 5.73. The van der Waals surface area contributed by atoms with Crippen molar-refractivity contribution in [1.82, 2.24) is 24.8 Å². The predicted molar refractivity (Wildman–Crippen MR) is 70.1 cm³/mol. The minimum absolute atomic E-state index is 0.169. The molecule has 0 radical (unpaired) electrons. The van der Waals surface area contributed by atoms with Crippen molar-refractivity contribution in [3.63, 3.8) is 0 Å². The third-order valence-electron chi connectivity index (χ3n) is 3.04. The van der Waals surface area contributed by atoms with Crippen LogP contribution in [0.1, 0.15) is 29.7 Å². The first-order valence-electron chi connectivity index (χ1n) is 6.12. The number of nitrogens with zero attached hydrogens (tertiary/aromatic N) is 4. The highest BCUT2D eigenvalue weighted by atomic mass is 15.0. The summed E-state index contributed by atoms with van der Waals surface area (Å²) in [6.07, 6.45) is 9.34. The van der Waals surface area contributed by atoms with E-state index in [9.17, 15) is 0 Å². The molecule has 96 valence electrons. The molecule has 2 heterocycles. The lowest BCUT2D eigenvalue weighted by molar-refractivity contribution is 0.509. The van der Waals surface area contributed by atoms with Gasteiger partial charge in [0, 0.05) is 38.3 Å². The van der Waals surface area contributed by atoms with Crippen molar-refractivity contribution >= 4 is 0 Å². The van der Waals surface area contributed by atoms with Crippen molar-refractivity contribution in [3.8, 4) is 0 Å². The van der Waals surface area contributed by atoms with Gasteiger partial charge in [-0.05, 0) is 26.0 Å². The molecule has 2 aromatic rings. The van der Waals surface area contributed by atoms with Gasteiger partial charge in [0.05, 0.1) is 6.04 Å². The molecular weight excluding hydrogens is 226 g/mol. The molecule has 0 aliphatic heterocycles. The number of aromatic nitrogens is 4. The van der Waals surface area contributed by atoms with Gasteiger partial charge in [0.15, 0.2) is 0 Å². The van der Waals surface area contributed by atoms with Gasteiger partial charge in [-0.1, -0.05) is 0 Å². The fraction of sp³-hybridized carbons (Fsp3) is 0.462. The van der Waals surface area contributed by atoms with E-state index in [4.69, 9.17) is 0 Å². The van der Waals surface area contributed by atoms with Crippen molar-refractivity contribution in [3.05, 3.63) is 42.0 Å². The Morgan fingerprint density at radius 3 is 2.56 bits per heavy atom. The van der Waals surface area contributed by atoms with Crippen LogP contribution >= 0.6 is 0 Å². The van der Waals surface area contributed by atoms with E-state index in [2.05, 4.69) is 20.3 Å². The third kappa shape index (κ3) is 2.92. The molecule has 1 atom stereocenters. The SMILES string of the molecule is CNC(CCc1nccn1C)c1ncc(C)cn1. The van der Waals surface area contributed by atoms with Crippen LogP contribution in [0.5, 0.6) is 0 Å². The zero-order chi connectivity index (χ0) is 13.0. The fourth-order valence-corrected chi connectivity index (χ4v) is 1.90. The monoisotopic (exact) mass is 245 g/mol. The molecule has 0 aliphatic rings. The summed E-state index contributed by atoms with van der Waals surface area (Å²) in [6.45, 7) is 1.99. The molecule has 0 aromatic carbocycles. The average Bonchev–Trinajstić information content (AvgIpc) is 2.78. The van der Waals surface area contributed by atoms with Crippen LogP contribution in [0.4, 0.5) is 0 Å². The summed E-state index contributed by atoms with van der Waals surface area (Å²) in [5.41, 5.74) is 1.08. The van der Waals surface area contributed by atoms with E-state index in [-0.39, 0.29) is 6.04 Å². The average molecular weight is 245 g/mol. The highest BCUT2D eigenvalue weighted by Gasteiger charge is 2.13. The molecule has 0 aliphatic carbocycles. The Labute approximate surface area is 107 Å². The van der Waals surface area contributed by atoms with E-state index in [1.165, 1.54) is 0 Å². The molecular formula is C13H19N5. The van der Waals surface area contributed by atoms with Gasteiger partial charge in [0.2, 0.25) is 0 Å². The Bertz CT molecular complexity index is 488. The first-order valence-corrected chi connectivity index (χ1v) is 6.12. The summed E-state index contributed by atoms with van der Waals surface area (Å²) in [6, 6.07) is 0.169. The predicted octanol–water partition coefficient (Wildman–Crippen LogP) is 1.41. The van der Waals surface area contributed by atoms with Gasteiger partial charge in [0.1, 0.15) is 11.6 Å². The lowest BCUT2D eigenvalue weighted by Crippen LogP contribution is -2.20. The van der Waals surface area contributed by atoms with E-state index in [1.807, 2.05) is 50.4 Å². The Kier molecular flexibility index (Phi) is 4.04. The molecule has 18 heavy (non-hydrogen) atoms. The minimum Gasteiger partial charge on any atom is -0.338 e. The molecule has 1 N–H and O–H groups in total. The second-order valence-corrected chi connectivity index (χ2v) is 4.45. The van der Waals surface area contributed by atoms with Gasteiger partial charge in [-0.25, -0.2) is 15.0 Å². The van der Waals surface area contributed by atoms with Crippen molar-refractivity contribution in [2.45, 2.75) is 25.8 Å². The van der Waals surface area contributed by atoms with Crippen LogP contribution in [0.2, 0.25) is 0 Å². The molecule has 0 bridgehead atoms. The number of rotatable bonds is 5. The largest absolute Gasteiger partial charge is 0.338 e. The summed E-state index contributed by atoms with van der Waals surface area (Å²) in [7, 11) is 3.95. The van der Waals surface area contributed by atoms with E-state index in [0.717, 1.165) is 30.1 Å². The van der Waals surface area contributed by atoms with Crippen LogP contribution in [0, 0.1) is 6.92 Å². The highest BCUT2D eigenvalue weighted by Crippen LogP contribution is 2.14. The van der Waals surface area contributed by atoms with Gasteiger partial charge < -0.3 is 9.88 Å². The van der Waals surface area contributed by atoms with Crippen LogP contribution in [-0.2, 0) is 13.5 Å². The van der Waals surface area contributed by atoms with Crippen LogP contribution in [0.3, 0.4) is 0 Å². The summed E-state index contributed by atoms with van der Waals surface area (Å²) in [5.74, 6) is 1.93. The molecule has 0 saturated heterocycles. The summed E-state index contributed by atoms with van der Waals surface area (Å²) in [4.78, 5) is 13.1. The highest BCUT2D eigenvalue weighted by molar-refractivity contribution is 5.05. The lowest BCUT2D eigenvalue weighted by atomic mass is 10.1. The Morgan fingerprint density at radius 1 is 1.28 bits per heavy atom. The van der Waals surface area contributed by atoms with Crippen LogP contribution in [0.25, 0.3) is 0 Å². The van der Waals surface area contributed by atoms with Crippen molar-refractivity contribution in [2.24, 2.45) is 7.05 Å². The second-order valence-electron chi connectivity index (χ2n) is 4.45. The molecule has 5 heteroatoms. The Morgan fingerprint density at radius 2 is 2.00 bits per heavy atom. The number of hydrogen-bond donors (Lipinski definition) is 1. The molecule has 2 aromatic heterocycles. The number of aryl methyl sites for hydroxylation is 3. The third-order valence-corrected chi connectivity index (χ3v) is 3.04. The van der Waals surface area contributed by atoms with Gasteiger partial charge in [0.25, 0.3) is 0 Å². The van der Waals surface area contributed by atoms with Gasteiger partial charge in [-0.15, -0.1) is 0 Å². The molecule has 0 amide bonds. The van der Waals surface area contributed by atoms with E-state index < -0.39 is 0 Å². The van der Waals surface area contributed by atoms with Crippen molar-refractivity contribution in [1.29, 1.82) is 0 Å². The summed E-state index contributed by atoms with van der Waals surface area (Å²) in [5, 5.41) is 3.26. The lowest BCUT2D eigenvalue weighted by Gasteiger charge is -2.14. The minimum atomic E-state index is 0.169. The van der Waals surface area contributed by atoms with Crippen molar-refractivity contribution in [2.75, 3.05) is 7.05 Å². The molecule has 2 rings (SSSR count). The number of nitrogens with one attached hydrogen (secondary N) is 1. The Balaban J connectivity index is 2.01. The maximum absolute atomic E-state index is 4.37. The smallest absolute Gasteiger partial charge is 0.145 e. The topological polar surface area (TPSA) is 55.6 Å². The summed E-state index contributed by atoms with van der Waals surface area (Å²) < 4.78 is 2.04. The van der Waals surface area contributed by atoms with Crippen LogP contribution in [-0.4, -0.2) is 26.6 Å². The molecule has 5 nitrogen and oxygen atoms in total. The zero-order valence-electron chi connectivity index (χ0n) is 11.1. The molecule has 0 fully saturated rings. The zero-order valence-corrected chi connectivity index (χ0v) is 11.1. The fourth-order valence-electron chi connectivity index (χ4n) is 1.90. The molecule has 1 unspecified atom stereocenters. The summed E-state index contributed by atoms with van der Waals surface area (Å²) >= 11 is 0. The van der Waals surface area contributed by atoms with Crippen molar-refractivity contribution < 1.29 is 0 Å².